The van der Waals surface area contributed by atoms with E-state index in [4.69, 9.17) is 32.7 Å². The molecule has 0 spiro atoms. The van der Waals surface area contributed by atoms with Crippen molar-refractivity contribution in [1.82, 2.24) is 10.2 Å². The first kappa shape index (κ1) is 29.5. The van der Waals surface area contributed by atoms with Crippen LogP contribution in [0.5, 0.6) is 11.5 Å². The zero-order valence-electron chi connectivity index (χ0n) is 21.0. The summed E-state index contributed by atoms with van der Waals surface area (Å²) in [6.07, 6.45) is 0.980. The van der Waals surface area contributed by atoms with Gasteiger partial charge in [-0.15, -0.1) is 0 Å². The molecule has 1 N–H and O–H groups in total. The summed E-state index contributed by atoms with van der Waals surface area (Å²) in [5.41, 5.74) is 0.579. The highest BCUT2D eigenvalue weighted by atomic mass is 35.5. The third-order valence-corrected chi connectivity index (χ3v) is 7.16. The maximum Gasteiger partial charge on any atom is 0.244 e. The Balaban J connectivity index is 2.52. The molecule has 0 heterocycles. The van der Waals surface area contributed by atoms with Crippen molar-refractivity contribution in [2.24, 2.45) is 0 Å². The molecule has 0 saturated carbocycles. The average Bonchev–Trinajstić information content (AvgIpc) is 2.80. The minimum atomic E-state index is -3.94. The van der Waals surface area contributed by atoms with Crippen molar-refractivity contribution >= 4 is 50.7 Å². The third kappa shape index (κ3) is 7.41. The van der Waals surface area contributed by atoms with Gasteiger partial charge in [0.25, 0.3) is 0 Å². The first-order valence-corrected chi connectivity index (χ1v) is 13.6. The van der Waals surface area contributed by atoms with Crippen molar-refractivity contribution in [3.05, 3.63) is 52.0 Å². The number of anilines is 1. The topological polar surface area (TPSA) is 105 Å². The highest BCUT2D eigenvalue weighted by Crippen LogP contribution is 2.34. The van der Waals surface area contributed by atoms with Gasteiger partial charge in [-0.3, -0.25) is 13.9 Å². The molecular weight excluding hydrogens is 529 g/mol. The summed E-state index contributed by atoms with van der Waals surface area (Å²) in [5.74, 6) is -0.404. The Bertz CT molecular complexity index is 1190. The molecule has 2 aromatic rings. The van der Waals surface area contributed by atoms with Crippen molar-refractivity contribution in [2.75, 3.05) is 31.3 Å². The van der Waals surface area contributed by atoms with Crippen molar-refractivity contribution in [1.29, 1.82) is 0 Å². The number of nitrogens with one attached hydrogen (secondary N) is 1. The minimum absolute atomic E-state index is 0.110. The van der Waals surface area contributed by atoms with E-state index in [-0.39, 0.29) is 24.0 Å². The Kier molecular flexibility index (Phi) is 10.3. The number of hydrogen-bond donors (Lipinski definition) is 1. The van der Waals surface area contributed by atoms with Crippen molar-refractivity contribution in [2.45, 2.75) is 39.4 Å². The summed E-state index contributed by atoms with van der Waals surface area (Å²) < 4.78 is 37.0. The number of carbonyl (C=O) groups is 2. The van der Waals surface area contributed by atoms with E-state index in [1.54, 1.807) is 45.0 Å². The van der Waals surface area contributed by atoms with Crippen molar-refractivity contribution in [3.8, 4) is 11.5 Å². The first-order valence-electron chi connectivity index (χ1n) is 11.0. The van der Waals surface area contributed by atoms with Crippen LogP contribution in [-0.2, 0) is 26.2 Å². The summed E-state index contributed by atoms with van der Waals surface area (Å²) >= 11 is 12.7. The lowest BCUT2D eigenvalue weighted by molar-refractivity contribution is -0.139. The molecule has 0 aliphatic carbocycles. The summed E-state index contributed by atoms with van der Waals surface area (Å²) in [4.78, 5) is 27.7. The standard InChI is InChI=1S/C24H31Cl2N3O6S/c1-15(2)27-24(31)16(3)28(13-18-19(25)8-7-9-20(18)26)23(30)14-29(36(6,32)33)21-11-10-17(34-4)12-22(21)35-5/h7-12,15-16H,13-14H2,1-6H3,(H,27,31)/t16-/m1/s1. The highest BCUT2D eigenvalue weighted by Gasteiger charge is 2.32. The molecule has 2 amide bonds. The van der Waals surface area contributed by atoms with Gasteiger partial charge in [0, 0.05) is 34.3 Å². The van der Waals surface area contributed by atoms with Gasteiger partial charge in [0.05, 0.1) is 26.2 Å². The van der Waals surface area contributed by atoms with Crippen LogP contribution in [0.4, 0.5) is 5.69 Å². The molecular formula is C24H31Cl2N3O6S. The molecule has 0 bridgehead atoms. The van der Waals surface area contributed by atoms with Crippen LogP contribution < -0.4 is 19.1 Å². The molecule has 2 aromatic carbocycles. The molecule has 0 aliphatic rings. The van der Waals surface area contributed by atoms with Gasteiger partial charge in [0.15, 0.2) is 0 Å². The molecule has 1 atom stereocenters. The van der Waals surface area contributed by atoms with Gasteiger partial charge in [0.2, 0.25) is 21.8 Å². The smallest absolute Gasteiger partial charge is 0.244 e. The van der Waals surface area contributed by atoms with E-state index in [2.05, 4.69) is 5.32 Å². The first-order chi connectivity index (χ1) is 16.8. The lowest BCUT2D eigenvalue weighted by Gasteiger charge is -2.32. The molecule has 0 radical (unpaired) electrons. The van der Waals surface area contributed by atoms with Crippen LogP contribution in [0.3, 0.4) is 0 Å². The van der Waals surface area contributed by atoms with Gasteiger partial charge in [-0.1, -0.05) is 29.3 Å². The van der Waals surface area contributed by atoms with E-state index >= 15 is 0 Å². The molecule has 0 aliphatic heterocycles. The zero-order chi connectivity index (χ0) is 27.2. The van der Waals surface area contributed by atoms with Gasteiger partial charge in [0.1, 0.15) is 24.1 Å². The fourth-order valence-electron chi connectivity index (χ4n) is 3.43. The Morgan fingerprint density at radius 2 is 1.64 bits per heavy atom. The predicted molar refractivity (Wildman–Crippen MR) is 141 cm³/mol. The molecule has 0 fully saturated rings. The van der Waals surface area contributed by atoms with Crippen LogP contribution in [0.25, 0.3) is 0 Å². The largest absolute Gasteiger partial charge is 0.497 e. The van der Waals surface area contributed by atoms with Crippen LogP contribution >= 0.6 is 23.2 Å². The number of rotatable bonds is 11. The highest BCUT2D eigenvalue weighted by molar-refractivity contribution is 7.92. The van der Waals surface area contributed by atoms with E-state index in [0.717, 1.165) is 10.6 Å². The van der Waals surface area contributed by atoms with E-state index in [1.807, 2.05) is 0 Å². The molecule has 36 heavy (non-hydrogen) atoms. The Morgan fingerprint density at radius 1 is 1.03 bits per heavy atom. The third-order valence-electron chi connectivity index (χ3n) is 5.32. The Morgan fingerprint density at radius 3 is 2.14 bits per heavy atom. The van der Waals surface area contributed by atoms with Crippen LogP contribution in [0.2, 0.25) is 10.0 Å². The summed E-state index contributed by atoms with van der Waals surface area (Å²) in [7, 11) is -1.10. The normalized spacial score (nSPS) is 12.1. The fourth-order valence-corrected chi connectivity index (χ4v) is 4.80. The lowest BCUT2D eigenvalue weighted by atomic mass is 10.1. The summed E-state index contributed by atoms with van der Waals surface area (Å²) in [6, 6.07) is 8.33. The van der Waals surface area contributed by atoms with Crippen LogP contribution in [0.1, 0.15) is 26.3 Å². The van der Waals surface area contributed by atoms with Gasteiger partial charge in [-0.25, -0.2) is 8.42 Å². The SMILES string of the molecule is COc1ccc(N(CC(=O)N(Cc2c(Cl)cccc2Cl)[C@H](C)C(=O)NC(C)C)S(C)(=O)=O)c(OC)c1. The van der Waals surface area contributed by atoms with Crippen LogP contribution in [0.15, 0.2) is 36.4 Å². The number of methoxy groups -OCH3 is 2. The number of amides is 2. The average molecular weight is 561 g/mol. The Labute approximate surface area is 222 Å². The molecule has 2 rings (SSSR count). The maximum atomic E-state index is 13.6. The second kappa shape index (κ2) is 12.5. The van der Waals surface area contributed by atoms with Gasteiger partial charge in [-0.05, 0) is 45.0 Å². The number of hydrogen-bond acceptors (Lipinski definition) is 6. The van der Waals surface area contributed by atoms with Crippen LogP contribution in [-0.4, -0.2) is 64.2 Å². The second-order valence-corrected chi connectivity index (χ2v) is 11.1. The number of nitrogens with zero attached hydrogens (tertiary/aromatic N) is 2. The minimum Gasteiger partial charge on any atom is -0.497 e. The second-order valence-electron chi connectivity index (χ2n) is 8.37. The van der Waals surface area contributed by atoms with E-state index in [9.17, 15) is 18.0 Å². The van der Waals surface area contributed by atoms with Gasteiger partial charge in [-0.2, -0.15) is 0 Å². The van der Waals surface area contributed by atoms with Crippen LogP contribution in [0, 0.1) is 0 Å². The van der Waals surface area contributed by atoms with Gasteiger partial charge < -0.3 is 19.7 Å². The van der Waals surface area contributed by atoms with E-state index in [1.165, 1.54) is 31.3 Å². The molecule has 9 nitrogen and oxygen atoms in total. The zero-order valence-corrected chi connectivity index (χ0v) is 23.4. The quantitative estimate of drug-likeness (QED) is 0.449. The number of benzene rings is 2. The monoisotopic (exact) mass is 559 g/mol. The van der Waals surface area contributed by atoms with E-state index < -0.39 is 34.4 Å². The molecule has 0 unspecified atom stereocenters. The number of sulfonamides is 1. The number of halogens is 2. The van der Waals surface area contributed by atoms with Gasteiger partial charge >= 0.3 is 0 Å². The molecule has 0 aromatic heterocycles. The van der Waals surface area contributed by atoms with Crippen molar-refractivity contribution < 1.29 is 27.5 Å². The lowest BCUT2D eigenvalue weighted by Crippen LogP contribution is -2.52. The molecule has 0 saturated heterocycles. The predicted octanol–water partition coefficient (Wildman–Crippen LogP) is 3.72. The maximum absolute atomic E-state index is 13.6. The summed E-state index contributed by atoms with van der Waals surface area (Å²) in [6.45, 7) is 4.44. The van der Waals surface area contributed by atoms with E-state index in [0.29, 0.717) is 21.4 Å². The number of ether oxygens (including phenoxy) is 2. The number of carbonyl (C=O) groups excluding carboxylic acids is 2. The van der Waals surface area contributed by atoms with Crippen molar-refractivity contribution in [3.63, 3.8) is 0 Å². The fraction of sp³-hybridized carbons (Fsp3) is 0.417. The Hall–Kier alpha value is -2.69. The summed E-state index contributed by atoms with van der Waals surface area (Å²) in [5, 5.41) is 3.40. The molecule has 198 valence electrons. The molecule has 12 heteroatoms.